The molecular weight excluding hydrogens is 310 g/mol. The number of fused-ring (bicyclic) bond motifs is 4. The Kier molecular flexibility index (Phi) is 3.81. The molecule has 0 spiro atoms. The molecule has 0 aromatic carbocycles. The lowest BCUT2D eigenvalue weighted by Gasteiger charge is -2.50. The molecule has 25 heavy (non-hydrogen) atoms. The van der Waals surface area contributed by atoms with Crippen molar-refractivity contribution in [3.05, 3.63) is 34.9 Å². The minimum absolute atomic E-state index is 0.218. The average molecular weight is 337 g/mol. The van der Waals surface area contributed by atoms with E-state index in [1.54, 1.807) is 0 Å². The molecule has 1 unspecified atom stereocenters. The van der Waals surface area contributed by atoms with Crippen molar-refractivity contribution in [2.45, 2.75) is 64.4 Å². The lowest BCUT2D eigenvalue weighted by atomic mass is 9.55. The minimum Gasteiger partial charge on any atom is -0.388 e. The molecule has 0 aromatic rings. The number of carbonyl (C=O) groups excluding carboxylic acids is 1. The average Bonchev–Trinajstić information content (AvgIpc) is 2.89. The molecule has 4 rings (SSSR count). The molecule has 0 amide bonds. The number of carbonyl (C=O) groups is 1. The standard InChI is InChI=1S/C22H27NO2/c1-3-21-8-6-17-16-5-4-15(24)13-18(16)14(2)12-19(17)20(21)7-9-22(21,25)10-11-23/h6,8,13-14,19-20,25H,3-5,7,9-10,12H2,1-2H3/t14?,19-,20+,21+,22-/m1/s1. The minimum atomic E-state index is -0.893. The SMILES string of the molecule is CC[C@]12C=CC3=C4CCC(=O)C=C4C(C)C[C@H]3[C@@H]1CC[C@@]2(O)CC#N. The maximum atomic E-state index is 11.9. The lowest BCUT2D eigenvalue weighted by Crippen LogP contribution is -2.49. The summed E-state index contributed by atoms with van der Waals surface area (Å²) in [6.07, 6.45) is 11.7. The highest BCUT2D eigenvalue weighted by atomic mass is 16.3. The predicted octanol–water partition coefficient (Wildman–Crippen LogP) is 4.25. The summed E-state index contributed by atoms with van der Waals surface area (Å²) in [6, 6.07) is 2.23. The molecule has 3 heteroatoms. The second kappa shape index (κ2) is 5.68. The quantitative estimate of drug-likeness (QED) is 0.819. The maximum absolute atomic E-state index is 11.9. The van der Waals surface area contributed by atoms with Gasteiger partial charge in [-0.2, -0.15) is 5.26 Å². The van der Waals surface area contributed by atoms with Crippen molar-refractivity contribution in [2.24, 2.45) is 23.2 Å². The van der Waals surface area contributed by atoms with Crippen molar-refractivity contribution in [3.63, 3.8) is 0 Å². The summed E-state index contributed by atoms with van der Waals surface area (Å²) in [4.78, 5) is 11.9. The Morgan fingerprint density at radius 3 is 2.92 bits per heavy atom. The van der Waals surface area contributed by atoms with Crippen LogP contribution in [0.15, 0.2) is 34.9 Å². The second-order valence-electron chi connectivity index (χ2n) is 8.48. The topological polar surface area (TPSA) is 61.1 Å². The van der Waals surface area contributed by atoms with Gasteiger partial charge in [0.15, 0.2) is 5.78 Å². The van der Waals surface area contributed by atoms with Crippen molar-refractivity contribution in [1.82, 2.24) is 0 Å². The zero-order valence-electron chi connectivity index (χ0n) is 15.2. The summed E-state index contributed by atoms with van der Waals surface area (Å²) < 4.78 is 0. The van der Waals surface area contributed by atoms with Crippen LogP contribution >= 0.6 is 0 Å². The van der Waals surface area contributed by atoms with E-state index in [0.29, 0.717) is 24.2 Å². The Morgan fingerprint density at radius 1 is 1.40 bits per heavy atom. The number of rotatable bonds is 2. The van der Waals surface area contributed by atoms with E-state index in [4.69, 9.17) is 0 Å². The molecule has 1 N–H and O–H groups in total. The van der Waals surface area contributed by atoms with Crippen molar-refractivity contribution >= 4 is 5.78 Å². The lowest BCUT2D eigenvalue weighted by molar-refractivity contribution is -0.114. The zero-order valence-corrected chi connectivity index (χ0v) is 15.2. The molecule has 4 aliphatic carbocycles. The molecule has 1 saturated carbocycles. The molecular formula is C22H27NO2. The Labute approximate surface area is 150 Å². The maximum Gasteiger partial charge on any atom is 0.156 e. The second-order valence-corrected chi connectivity index (χ2v) is 8.48. The number of nitrogens with zero attached hydrogens (tertiary/aromatic N) is 1. The third-order valence-electron chi connectivity index (χ3n) is 7.57. The van der Waals surface area contributed by atoms with Crippen molar-refractivity contribution in [3.8, 4) is 6.07 Å². The molecule has 0 saturated heterocycles. The first-order valence-corrected chi connectivity index (χ1v) is 9.72. The molecule has 1 fully saturated rings. The number of hydrogen-bond donors (Lipinski definition) is 1. The summed E-state index contributed by atoms with van der Waals surface area (Å²) in [6.45, 7) is 4.39. The molecule has 0 bridgehead atoms. The summed E-state index contributed by atoms with van der Waals surface area (Å²) in [5.74, 6) is 1.52. The van der Waals surface area contributed by atoms with E-state index >= 15 is 0 Å². The largest absolute Gasteiger partial charge is 0.388 e. The first-order chi connectivity index (χ1) is 12.0. The normalized spacial score (nSPS) is 42.4. The molecule has 0 heterocycles. The van der Waals surface area contributed by atoms with E-state index < -0.39 is 5.60 Å². The van der Waals surface area contributed by atoms with Crippen molar-refractivity contribution in [1.29, 1.82) is 5.26 Å². The number of allylic oxidation sites excluding steroid dienone is 5. The highest BCUT2D eigenvalue weighted by Crippen LogP contribution is 2.63. The van der Waals surface area contributed by atoms with E-state index in [0.717, 1.165) is 32.1 Å². The van der Waals surface area contributed by atoms with E-state index in [1.807, 2.05) is 6.08 Å². The molecule has 132 valence electrons. The van der Waals surface area contributed by atoms with Crippen LogP contribution in [0.5, 0.6) is 0 Å². The van der Waals surface area contributed by atoms with Gasteiger partial charge in [-0.05, 0) is 72.7 Å². The van der Waals surface area contributed by atoms with Crippen LogP contribution in [0.3, 0.4) is 0 Å². The fourth-order valence-electron chi connectivity index (χ4n) is 6.34. The van der Waals surface area contributed by atoms with Crippen LogP contribution in [0.25, 0.3) is 0 Å². The van der Waals surface area contributed by atoms with Gasteiger partial charge in [-0.3, -0.25) is 4.79 Å². The van der Waals surface area contributed by atoms with Crippen LogP contribution in [0.2, 0.25) is 0 Å². The van der Waals surface area contributed by atoms with Gasteiger partial charge in [0.25, 0.3) is 0 Å². The number of nitriles is 1. The van der Waals surface area contributed by atoms with Gasteiger partial charge in [0.2, 0.25) is 0 Å². The van der Waals surface area contributed by atoms with Crippen molar-refractivity contribution in [2.75, 3.05) is 0 Å². The molecule has 4 aliphatic rings. The predicted molar refractivity (Wildman–Crippen MR) is 96.4 cm³/mol. The van der Waals surface area contributed by atoms with Crippen LogP contribution in [0.1, 0.15) is 58.8 Å². The highest BCUT2D eigenvalue weighted by Gasteiger charge is 2.60. The Hall–Kier alpha value is -1.66. The summed E-state index contributed by atoms with van der Waals surface area (Å²) in [5.41, 5.74) is 2.88. The molecule has 0 aliphatic heterocycles. The van der Waals surface area contributed by atoms with Crippen LogP contribution in [-0.2, 0) is 4.79 Å². The monoisotopic (exact) mass is 337 g/mol. The van der Waals surface area contributed by atoms with Gasteiger partial charge in [-0.1, -0.05) is 26.0 Å². The molecule has 0 radical (unpaired) electrons. The summed E-state index contributed by atoms with van der Waals surface area (Å²) in [5, 5.41) is 20.6. The van der Waals surface area contributed by atoms with E-state index in [2.05, 4.69) is 32.1 Å². The zero-order chi connectivity index (χ0) is 17.8. The Bertz CT molecular complexity index is 752. The van der Waals surface area contributed by atoms with E-state index in [-0.39, 0.29) is 17.6 Å². The van der Waals surface area contributed by atoms with Crippen LogP contribution < -0.4 is 0 Å². The number of hydrogen-bond acceptors (Lipinski definition) is 3. The van der Waals surface area contributed by atoms with Gasteiger partial charge >= 0.3 is 0 Å². The Balaban J connectivity index is 1.84. The van der Waals surface area contributed by atoms with Gasteiger partial charge in [-0.15, -0.1) is 0 Å². The smallest absolute Gasteiger partial charge is 0.156 e. The molecule has 0 aromatic heterocycles. The van der Waals surface area contributed by atoms with Gasteiger partial charge < -0.3 is 5.11 Å². The third kappa shape index (κ3) is 2.16. The summed E-state index contributed by atoms with van der Waals surface area (Å²) >= 11 is 0. The highest BCUT2D eigenvalue weighted by molar-refractivity contribution is 5.93. The van der Waals surface area contributed by atoms with Crippen LogP contribution in [0.4, 0.5) is 0 Å². The fourth-order valence-corrected chi connectivity index (χ4v) is 6.34. The third-order valence-corrected chi connectivity index (χ3v) is 7.57. The first kappa shape index (κ1) is 16.8. The summed E-state index contributed by atoms with van der Waals surface area (Å²) in [7, 11) is 0. The van der Waals surface area contributed by atoms with Crippen molar-refractivity contribution < 1.29 is 9.90 Å². The van der Waals surface area contributed by atoms with E-state index in [9.17, 15) is 15.2 Å². The molecule has 3 nitrogen and oxygen atoms in total. The molecule has 5 atom stereocenters. The Morgan fingerprint density at radius 2 is 2.20 bits per heavy atom. The van der Waals surface area contributed by atoms with Crippen LogP contribution in [0, 0.1) is 34.5 Å². The number of ketones is 1. The van der Waals surface area contributed by atoms with Gasteiger partial charge in [0.05, 0.1) is 18.1 Å². The number of aliphatic hydroxyl groups is 1. The van der Waals surface area contributed by atoms with E-state index in [1.165, 1.54) is 16.7 Å². The van der Waals surface area contributed by atoms with Gasteiger partial charge in [0, 0.05) is 11.8 Å². The first-order valence-electron chi connectivity index (χ1n) is 9.72. The van der Waals surface area contributed by atoms with Gasteiger partial charge in [-0.25, -0.2) is 0 Å². The van der Waals surface area contributed by atoms with Gasteiger partial charge in [0.1, 0.15) is 0 Å². The fraction of sp³-hybridized carbons (Fsp3) is 0.636. The van der Waals surface area contributed by atoms with Crippen LogP contribution in [-0.4, -0.2) is 16.5 Å².